The Hall–Kier alpha value is -0.120. The second kappa shape index (κ2) is 5.69. The van der Waals surface area contributed by atoms with Gasteiger partial charge in [-0.25, -0.2) is 0 Å². The van der Waals surface area contributed by atoms with Crippen molar-refractivity contribution < 1.29 is 9.84 Å². The summed E-state index contributed by atoms with van der Waals surface area (Å²) in [7, 11) is 0. The molecule has 3 heteroatoms. The molecule has 0 radical (unpaired) electrons. The number of aliphatic hydroxyl groups is 1. The van der Waals surface area contributed by atoms with Crippen molar-refractivity contribution in [1.29, 1.82) is 0 Å². The van der Waals surface area contributed by atoms with E-state index in [-0.39, 0.29) is 5.72 Å². The average Bonchev–Trinajstić information content (AvgIpc) is 2.96. The van der Waals surface area contributed by atoms with E-state index in [0.717, 1.165) is 45.4 Å². The van der Waals surface area contributed by atoms with Crippen LogP contribution in [0.5, 0.6) is 0 Å². The highest BCUT2D eigenvalue weighted by Crippen LogP contribution is 2.36. The Bertz CT molecular complexity index is 153. The SMILES string of the molecule is CCN(CC)C1(CCCCCO)CO1. The Morgan fingerprint density at radius 3 is 2.29 bits per heavy atom. The zero-order chi connectivity index (χ0) is 10.4. The van der Waals surface area contributed by atoms with Crippen molar-refractivity contribution in [3.8, 4) is 0 Å². The van der Waals surface area contributed by atoms with E-state index >= 15 is 0 Å². The first-order valence-electron chi connectivity index (χ1n) is 5.79. The Kier molecular flexibility index (Phi) is 4.85. The smallest absolute Gasteiger partial charge is 0.145 e. The zero-order valence-electron chi connectivity index (χ0n) is 9.46. The number of likely N-dealkylation sites (N-methyl/N-ethyl adjacent to an activating group) is 1. The number of ether oxygens (including phenoxy) is 1. The molecule has 0 aromatic heterocycles. The van der Waals surface area contributed by atoms with E-state index in [4.69, 9.17) is 9.84 Å². The summed E-state index contributed by atoms with van der Waals surface area (Å²) < 4.78 is 5.58. The molecule has 1 aliphatic rings. The molecule has 14 heavy (non-hydrogen) atoms. The van der Waals surface area contributed by atoms with Gasteiger partial charge in [0.2, 0.25) is 0 Å². The first kappa shape index (κ1) is 12.0. The summed E-state index contributed by atoms with van der Waals surface area (Å²) in [5.41, 5.74) is 0.0684. The minimum Gasteiger partial charge on any atom is -0.396 e. The predicted octanol–water partition coefficient (Wildman–Crippen LogP) is 1.61. The second-order valence-corrected chi connectivity index (χ2v) is 3.94. The molecule has 84 valence electrons. The van der Waals surface area contributed by atoms with Gasteiger partial charge in [0, 0.05) is 6.61 Å². The van der Waals surface area contributed by atoms with Gasteiger partial charge < -0.3 is 9.84 Å². The van der Waals surface area contributed by atoms with E-state index in [1.54, 1.807) is 0 Å². The summed E-state index contributed by atoms with van der Waals surface area (Å²) in [6.07, 6.45) is 4.32. The Morgan fingerprint density at radius 1 is 1.21 bits per heavy atom. The Morgan fingerprint density at radius 2 is 1.86 bits per heavy atom. The highest BCUT2D eigenvalue weighted by atomic mass is 16.6. The summed E-state index contributed by atoms with van der Waals surface area (Å²) in [6.45, 7) is 7.71. The topological polar surface area (TPSA) is 36.0 Å². The molecule has 1 N–H and O–H groups in total. The molecule has 1 saturated heterocycles. The molecule has 1 heterocycles. The lowest BCUT2D eigenvalue weighted by Crippen LogP contribution is -2.38. The van der Waals surface area contributed by atoms with Crippen LogP contribution < -0.4 is 0 Å². The maximum atomic E-state index is 8.67. The lowest BCUT2D eigenvalue weighted by atomic mass is 10.1. The molecule has 1 rings (SSSR count). The fourth-order valence-corrected chi connectivity index (χ4v) is 2.06. The number of hydrogen-bond donors (Lipinski definition) is 1. The molecular weight excluding hydrogens is 178 g/mol. The molecular formula is C11H23NO2. The van der Waals surface area contributed by atoms with Gasteiger partial charge in [-0.3, -0.25) is 4.90 Å². The van der Waals surface area contributed by atoms with E-state index in [2.05, 4.69) is 18.7 Å². The van der Waals surface area contributed by atoms with Gasteiger partial charge in [-0.1, -0.05) is 20.3 Å². The minimum absolute atomic E-state index is 0.0684. The van der Waals surface area contributed by atoms with Crippen LogP contribution in [0.25, 0.3) is 0 Å². The van der Waals surface area contributed by atoms with E-state index in [1.807, 2.05) is 0 Å². The molecule has 0 aliphatic carbocycles. The molecule has 0 aromatic carbocycles. The summed E-state index contributed by atoms with van der Waals surface area (Å²) in [6, 6.07) is 0. The van der Waals surface area contributed by atoms with Crippen LogP contribution in [0, 0.1) is 0 Å². The molecule has 0 saturated carbocycles. The van der Waals surface area contributed by atoms with Crippen LogP contribution in [-0.2, 0) is 4.74 Å². The zero-order valence-corrected chi connectivity index (χ0v) is 9.46. The number of nitrogens with zero attached hydrogens (tertiary/aromatic N) is 1. The predicted molar refractivity (Wildman–Crippen MR) is 57.2 cm³/mol. The van der Waals surface area contributed by atoms with E-state index in [9.17, 15) is 0 Å². The quantitative estimate of drug-likeness (QED) is 0.479. The number of aliphatic hydroxyl groups excluding tert-OH is 1. The molecule has 0 bridgehead atoms. The van der Waals surface area contributed by atoms with Crippen molar-refractivity contribution in [2.24, 2.45) is 0 Å². The normalized spacial score (nSPS) is 25.7. The van der Waals surface area contributed by atoms with E-state index < -0.39 is 0 Å². The molecule has 0 amide bonds. The minimum atomic E-state index is 0.0684. The maximum absolute atomic E-state index is 8.67. The van der Waals surface area contributed by atoms with Crippen molar-refractivity contribution in [3.63, 3.8) is 0 Å². The van der Waals surface area contributed by atoms with Crippen LogP contribution in [0.15, 0.2) is 0 Å². The van der Waals surface area contributed by atoms with Gasteiger partial charge in [-0.15, -0.1) is 0 Å². The van der Waals surface area contributed by atoms with Gasteiger partial charge in [-0.05, 0) is 32.4 Å². The maximum Gasteiger partial charge on any atom is 0.145 e. The van der Waals surface area contributed by atoms with Crippen molar-refractivity contribution >= 4 is 0 Å². The lowest BCUT2D eigenvalue weighted by molar-refractivity contribution is 0.0771. The average molecular weight is 201 g/mol. The number of unbranched alkanes of at least 4 members (excludes halogenated alkanes) is 2. The first-order chi connectivity index (χ1) is 6.79. The molecule has 1 fully saturated rings. The van der Waals surface area contributed by atoms with Crippen LogP contribution in [0.2, 0.25) is 0 Å². The van der Waals surface area contributed by atoms with Crippen LogP contribution in [-0.4, -0.2) is 42.0 Å². The van der Waals surface area contributed by atoms with E-state index in [1.165, 1.54) is 0 Å². The Balaban J connectivity index is 2.20. The molecule has 3 nitrogen and oxygen atoms in total. The highest BCUT2D eigenvalue weighted by molar-refractivity contribution is 4.91. The fraction of sp³-hybridized carbons (Fsp3) is 1.00. The molecule has 1 atom stereocenters. The van der Waals surface area contributed by atoms with Crippen LogP contribution in [0.3, 0.4) is 0 Å². The Labute approximate surface area is 87.1 Å². The first-order valence-corrected chi connectivity index (χ1v) is 5.79. The lowest BCUT2D eigenvalue weighted by Gasteiger charge is -2.26. The largest absolute Gasteiger partial charge is 0.396 e. The van der Waals surface area contributed by atoms with Gasteiger partial charge >= 0.3 is 0 Å². The number of hydrogen-bond acceptors (Lipinski definition) is 3. The van der Waals surface area contributed by atoms with Gasteiger partial charge in [-0.2, -0.15) is 0 Å². The standard InChI is InChI=1S/C11H23NO2/c1-3-12(4-2)11(10-14-11)8-6-5-7-9-13/h13H,3-10H2,1-2H3. The van der Waals surface area contributed by atoms with Gasteiger partial charge in [0.25, 0.3) is 0 Å². The highest BCUT2D eigenvalue weighted by Gasteiger charge is 2.47. The van der Waals surface area contributed by atoms with Crippen molar-refractivity contribution in [2.75, 3.05) is 26.3 Å². The van der Waals surface area contributed by atoms with Crippen LogP contribution in [0.4, 0.5) is 0 Å². The molecule has 1 unspecified atom stereocenters. The van der Waals surface area contributed by atoms with E-state index in [0.29, 0.717) is 6.61 Å². The van der Waals surface area contributed by atoms with Gasteiger partial charge in [0.15, 0.2) is 0 Å². The molecule has 0 spiro atoms. The third-order valence-electron chi connectivity index (χ3n) is 3.04. The fourth-order valence-electron chi connectivity index (χ4n) is 2.06. The molecule has 1 aliphatic heterocycles. The third kappa shape index (κ3) is 2.94. The number of rotatable bonds is 8. The van der Waals surface area contributed by atoms with Crippen molar-refractivity contribution in [3.05, 3.63) is 0 Å². The van der Waals surface area contributed by atoms with Crippen LogP contribution >= 0.6 is 0 Å². The number of epoxide rings is 1. The van der Waals surface area contributed by atoms with Crippen molar-refractivity contribution in [2.45, 2.75) is 45.3 Å². The van der Waals surface area contributed by atoms with Crippen molar-refractivity contribution in [1.82, 2.24) is 4.90 Å². The third-order valence-corrected chi connectivity index (χ3v) is 3.04. The summed E-state index contributed by atoms with van der Waals surface area (Å²) in [4.78, 5) is 2.39. The summed E-state index contributed by atoms with van der Waals surface area (Å²) >= 11 is 0. The van der Waals surface area contributed by atoms with Gasteiger partial charge in [0.05, 0.1) is 6.61 Å². The monoisotopic (exact) mass is 201 g/mol. The summed E-state index contributed by atoms with van der Waals surface area (Å²) in [5, 5.41) is 8.67. The summed E-state index contributed by atoms with van der Waals surface area (Å²) in [5.74, 6) is 0. The van der Waals surface area contributed by atoms with Crippen LogP contribution in [0.1, 0.15) is 39.5 Å². The second-order valence-electron chi connectivity index (χ2n) is 3.94. The van der Waals surface area contributed by atoms with Gasteiger partial charge in [0.1, 0.15) is 5.72 Å². The molecule has 0 aromatic rings.